The smallest absolute Gasteiger partial charge is 0.341 e. The number of quaternary nitrogens is 1. The van der Waals surface area contributed by atoms with Gasteiger partial charge in [0.05, 0.1) is 23.6 Å². The van der Waals surface area contributed by atoms with Gasteiger partial charge in [-0.3, -0.25) is 9.59 Å². The van der Waals surface area contributed by atoms with Gasteiger partial charge in [-0.25, -0.2) is 4.79 Å². The Morgan fingerprint density at radius 2 is 1.90 bits per heavy atom. The van der Waals surface area contributed by atoms with Gasteiger partial charge in [-0.1, -0.05) is 30.3 Å². The Morgan fingerprint density at radius 1 is 1.17 bits per heavy atom. The summed E-state index contributed by atoms with van der Waals surface area (Å²) in [4.78, 5) is 36.6. The summed E-state index contributed by atoms with van der Waals surface area (Å²) in [5, 5.41) is 4.85. The maximum Gasteiger partial charge on any atom is 0.341 e. The van der Waals surface area contributed by atoms with Crippen molar-refractivity contribution in [2.24, 2.45) is 5.73 Å². The van der Waals surface area contributed by atoms with Crippen molar-refractivity contribution < 1.29 is 29.2 Å². The zero-order valence-electron chi connectivity index (χ0n) is 16.5. The average molecular weight is 421 g/mol. The largest absolute Gasteiger partial charge is 0.460 e. The van der Waals surface area contributed by atoms with Crippen LogP contribution in [0.25, 0.3) is 0 Å². The summed E-state index contributed by atoms with van der Waals surface area (Å²) in [6, 6.07) is 9.99. The van der Waals surface area contributed by atoms with Gasteiger partial charge in [0, 0.05) is 13.5 Å². The summed E-state index contributed by atoms with van der Waals surface area (Å²) >= 11 is 0.974. The summed E-state index contributed by atoms with van der Waals surface area (Å²) in [5.41, 5.74) is 7.13. The number of nitrogens with one attached hydrogen (secondary N) is 1. The van der Waals surface area contributed by atoms with Crippen LogP contribution in [-0.4, -0.2) is 51.2 Å². The third-order valence-electron chi connectivity index (χ3n) is 4.16. The van der Waals surface area contributed by atoms with E-state index in [9.17, 15) is 14.4 Å². The molecular formula is C20H26N3O5S+. The van der Waals surface area contributed by atoms with Crippen molar-refractivity contribution in [2.75, 3.05) is 38.7 Å². The van der Waals surface area contributed by atoms with Crippen molar-refractivity contribution >= 4 is 34.1 Å². The van der Waals surface area contributed by atoms with Crippen molar-refractivity contribution in [2.45, 2.75) is 13.3 Å². The Morgan fingerprint density at radius 3 is 2.55 bits per heavy atom. The Hall–Kier alpha value is -2.75. The third kappa shape index (κ3) is 6.67. The highest BCUT2D eigenvalue weighted by atomic mass is 32.1. The van der Waals surface area contributed by atoms with Crippen LogP contribution >= 0.6 is 11.3 Å². The highest BCUT2D eigenvalue weighted by Gasteiger charge is 2.26. The Kier molecular flexibility index (Phi) is 8.78. The van der Waals surface area contributed by atoms with Crippen molar-refractivity contribution in [1.82, 2.24) is 0 Å². The van der Waals surface area contributed by atoms with Gasteiger partial charge in [-0.2, -0.15) is 0 Å². The van der Waals surface area contributed by atoms with Gasteiger partial charge in [0.2, 0.25) is 0 Å². The summed E-state index contributed by atoms with van der Waals surface area (Å²) < 4.78 is 10.0. The van der Waals surface area contributed by atoms with E-state index >= 15 is 0 Å². The monoisotopic (exact) mass is 420 g/mol. The molecule has 0 saturated heterocycles. The normalized spacial score (nSPS) is 10.6. The first-order valence-electron chi connectivity index (χ1n) is 9.18. The van der Waals surface area contributed by atoms with E-state index in [-0.39, 0.29) is 41.1 Å². The van der Waals surface area contributed by atoms with Crippen LogP contribution in [0.5, 0.6) is 0 Å². The lowest BCUT2D eigenvalue weighted by Gasteiger charge is -2.08. The molecule has 0 fully saturated rings. The van der Waals surface area contributed by atoms with E-state index in [0.717, 1.165) is 24.3 Å². The molecule has 29 heavy (non-hydrogen) atoms. The summed E-state index contributed by atoms with van der Waals surface area (Å²) in [5.74, 6) is -1.57. The van der Waals surface area contributed by atoms with E-state index < -0.39 is 11.9 Å². The minimum Gasteiger partial charge on any atom is -0.460 e. The second-order valence-corrected chi connectivity index (χ2v) is 7.34. The fourth-order valence-corrected chi connectivity index (χ4v) is 3.76. The molecule has 0 unspecified atom stereocenters. The SMILES string of the molecule is COCCOC(=O)c1c(NC(=O)C[NH2+]CCc2ccccc2)sc(C(N)=O)c1C. The molecule has 1 heterocycles. The summed E-state index contributed by atoms with van der Waals surface area (Å²) in [6.07, 6.45) is 0.842. The van der Waals surface area contributed by atoms with E-state index in [0.29, 0.717) is 5.56 Å². The standard InChI is InChI=1S/C20H25N3O5S/c1-13-16(20(26)28-11-10-27-2)19(29-17(13)18(21)25)23-15(24)12-22-9-8-14-6-4-3-5-7-14/h3-7,22H,8-12H2,1-2H3,(H2,21,25)(H,23,24)/p+1. The Balaban J connectivity index is 1.98. The third-order valence-corrected chi connectivity index (χ3v) is 5.38. The molecule has 0 saturated carbocycles. The molecule has 2 amide bonds. The van der Waals surface area contributed by atoms with Crippen LogP contribution < -0.4 is 16.4 Å². The molecule has 2 aromatic rings. The number of carbonyl (C=O) groups excluding carboxylic acids is 3. The predicted octanol–water partition coefficient (Wildman–Crippen LogP) is 0.703. The van der Waals surface area contributed by atoms with Crippen molar-refractivity contribution in [3.05, 3.63) is 51.9 Å². The molecule has 9 heteroatoms. The van der Waals surface area contributed by atoms with Crippen molar-refractivity contribution in [3.63, 3.8) is 0 Å². The molecular weight excluding hydrogens is 394 g/mol. The summed E-state index contributed by atoms with van der Waals surface area (Å²) in [6.45, 7) is 2.85. The number of carbonyl (C=O) groups is 3. The molecule has 0 atom stereocenters. The Bertz CT molecular complexity index is 851. The van der Waals surface area contributed by atoms with Gasteiger partial charge < -0.3 is 25.8 Å². The molecule has 8 nitrogen and oxygen atoms in total. The maximum atomic E-state index is 12.4. The highest BCUT2D eigenvalue weighted by molar-refractivity contribution is 7.18. The number of amides is 2. The molecule has 0 bridgehead atoms. The molecule has 0 aliphatic heterocycles. The number of benzene rings is 1. The Labute approximate surface area is 173 Å². The summed E-state index contributed by atoms with van der Waals surface area (Å²) in [7, 11) is 1.49. The lowest BCUT2D eigenvalue weighted by Crippen LogP contribution is -2.86. The lowest BCUT2D eigenvalue weighted by atomic mass is 10.1. The molecule has 0 aliphatic carbocycles. The quantitative estimate of drug-likeness (QED) is 0.365. The van der Waals surface area contributed by atoms with Crippen LogP contribution in [0.1, 0.15) is 31.2 Å². The molecule has 156 valence electrons. The van der Waals surface area contributed by atoms with E-state index in [4.69, 9.17) is 15.2 Å². The number of methoxy groups -OCH3 is 1. The second kappa shape index (κ2) is 11.3. The average Bonchev–Trinajstić information content (AvgIpc) is 3.02. The number of anilines is 1. The molecule has 0 radical (unpaired) electrons. The van der Waals surface area contributed by atoms with Crippen LogP contribution in [0, 0.1) is 6.92 Å². The van der Waals surface area contributed by atoms with Crippen molar-refractivity contribution in [3.8, 4) is 0 Å². The number of rotatable bonds is 11. The number of hydrogen-bond acceptors (Lipinski definition) is 6. The topological polar surface area (TPSA) is 124 Å². The van der Waals surface area contributed by atoms with Crippen molar-refractivity contribution in [1.29, 1.82) is 0 Å². The lowest BCUT2D eigenvalue weighted by molar-refractivity contribution is -0.643. The first-order chi connectivity index (χ1) is 13.9. The van der Waals surface area contributed by atoms with Gasteiger partial charge in [-0.15, -0.1) is 11.3 Å². The van der Waals surface area contributed by atoms with E-state index in [2.05, 4.69) is 5.32 Å². The number of hydrogen-bond donors (Lipinski definition) is 3. The minimum atomic E-state index is -0.659. The van der Waals surface area contributed by atoms with E-state index in [1.165, 1.54) is 12.7 Å². The van der Waals surface area contributed by atoms with Crippen LogP contribution in [-0.2, 0) is 20.7 Å². The first kappa shape index (κ1) is 22.5. The van der Waals surface area contributed by atoms with Gasteiger partial charge in [-0.05, 0) is 18.1 Å². The number of thiophene rings is 1. The van der Waals surface area contributed by atoms with Crippen LogP contribution in [0.4, 0.5) is 5.00 Å². The minimum absolute atomic E-state index is 0.0666. The molecule has 1 aromatic carbocycles. The fourth-order valence-electron chi connectivity index (χ4n) is 2.70. The number of ether oxygens (including phenoxy) is 2. The molecule has 2 rings (SSSR count). The predicted molar refractivity (Wildman–Crippen MR) is 110 cm³/mol. The highest BCUT2D eigenvalue weighted by Crippen LogP contribution is 2.33. The molecule has 0 spiro atoms. The number of nitrogens with two attached hydrogens (primary N) is 2. The van der Waals surface area contributed by atoms with E-state index in [1.807, 2.05) is 35.6 Å². The van der Waals surface area contributed by atoms with Crippen LogP contribution in [0.15, 0.2) is 30.3 Å². The fraction of sp³-hybridized carbons (Fsp3) is 0.350. The molecule has 1 aromatic heterocycles. The first-order valence-corrected chi connectivity index (χ1v) is 10.00. The maximum absolute atomic E-state index is 12.4. The molecule has 5 N–H and O–H groups in total. The van der Waals surface area contributed by atoms with Gasteiger partial charge in [0.15, 0.2) is 6.54 Å². The van der Waals surface area contributed by atoms with Crippen LogP contribution in [0.2, 0.25) is 0 Å². The number of esters is 1. The molecule has 0 aliphatic rings. The van der Waals surface area contributed by atoms with E-state index in [1.54, 1.807) is 6.92 Å². The van der Waals surface area contributed by atoms with Gasteiger partial charge in [0.1, 0.15) is 11.6 Å². The zero-order chi connectivity index (χ0) is 21.2. The van der Waals surface area contributed by atoms with Gasteiger partial charge in [0.25, 0.3) is 11.8 Å². The number of primary amides is 1. The second-order valence-electron chi connectivity index (χ2n) is 6.32. The van der Waals surface area contributed by atoms with Crippen LogP contribution in [0.3, 0.4) is 0 Å². The zero-order valence-corrected chi connectivity index (χ0v) is 17.3. The van der Waals surface area contributed by atoms with Gasteiger partial charge >= 0.3 is 5.97 Å².